The van der Waals surface area contributed by atoms with Crippen LogP contribution in [-0.4, -0.2) is 21.0 Å². The van der Waals surface area contributed by atoms with Gasteiger partial charge in [0.25, 0.3) is 0 Å². The van der Waals surface area contributed by atoms with Crippen molar-refractivity contribution in [2.45, 2.75) is 48.5 Å². The summed E-state index contributed by atoms with van der Waals surface area (Å²) in [6.07, 6.45) is 7.82. The van der Waals surface area contributed by atoms with E-state index in [1.807, 2.05) is 51.6 Å². The predicted molar refractivity (Wildman–Crippen MR) is 90.5 cm³/mol. The quantitative estimate of drug-likeness (QED) is 0.814. The first-order valence-electron chi connectivity index (χ1n) is 6.70. The highest BCUT2D eigenvalue weighted by atomic mass is 32.1. The van der Waals surface area contributed by atoms with Gasteiger partial charge >= 0.3 is 0 Å². The smallest absolute Gasteiger partial charge is 0.155 e. The molecule has 1 aromatic rings. The van der Waals surface area contributed by atoms with E-state index in [1.165, 1.54) is 5.57 Å². The van der Waals surface area contributed by atoms with Gasteiger partial charge in [-0.05, 0) is 39.0 Å². The Labute approximate surface area is 124 Å². The van der Waals surface area contributed by atoms with E-state index in [9.17, 15) is 0 Å². The molecular weight excluding hydrogens is 254 g/mol. The maximum atomic E-state index is 4.36. The summed E-state index contributed by atoms with van der Waals surface area (Å²) < 4.78 is 1.82. The van der Waals surface area contributed by atoms with Crippen LogP contribution in [0.15, 0.2) is 11.6 Å². The summed E-state index contributed by atoms with van der Waals surface area (Å²) in [4.78, 5) is 4.36. The Morgan fingerprint density at radius 3 is 2.16 bits per heavy atom. The van der Waals surface area contributed by atoms with Crippen molar-refractivity contribution in [2.24, 2.45) is 5.92 Å². The molecule has 3 nitrogen and oxygen atoms in total. The number of rotatable bonds is 3. The third-order valence-electron chi connectivity index (χ3n) is 1.77. The number of aromatic nitrogens is 3. The van der Waals surface area contributed by atoms with Crippen molar-refractivity contribution in [1.29, 1.82) is 0 Å². The van der Waals surface area contributed by atoms with Gasteiger partial charge in [-0.25, -0.2) is 9.67 Å². The highest BCUT2D eigenvalue weighted by Gasteiger charge is 2.01. The number of allylic oxidation sites excluding steroid dienone is 2. The first-order chi connectivity index (χ1) is 8.99. The molecule has 1 aromatic heterocycles. The second kappa shape index (κ2) is 12.0. The lowest BCUT2D eigenvalue weighted by molar-refractivity contribution is 0.833. The Bertz CT molecular complexity index is 386. The van der Waals surface area contributed by atoms with Gasteiger partial charge < -0.3 is 0 Å². The summed E-state index contributed by atoms with van der Waals surface area (Å²) in [7, 11) is 0. The zero-order chi connectivity index (χ0) is 15.4. The second-order valence-electron chi connectivity index (χ2n) is 4.27. The molecule has 0 saturated carbocycles. The van der Waals surface area contributed by atoms with Crippen LogP contribution in [0.25, 0.3) is 12.3 Å². The van der Waals surface area contributed by atoms with Gasteiger partial charge in [-0.1, -0.05) is 39.3 Å². The zero-order valence-corrected chi connectivity index (χ0v) is 14.5. The molecule has 0 atom stereocenters. The fourth-order valence-corrected chi connectivity index (χ4v) is 1.18. The molecule has 0 aliphatic heterocycles. The van der Waals surface area contributed by atoms with Gasteiger partial charge in [-0.3, -0.25) is 0 Å². The minimum absolute atomic E-state index is 0.530. The van der Waals surface area contributed by atoms with Crippen LogP contribution >= 0.6 is 12.6 Å². The highest BCUT2D eigenvalue weighted by molar-refractivity contribution is 7.79. The molecule has 19 heavy (non-hydrogen) atoms. The molecule has 4 heteroatoms. The average molecular weight is 283 g/mol. The van der Waals surface area contributed by atoms with Crippen molar-refractivity contribution in [3.8, 4) is 0 Å². The van der Waals surface area contributed by atoms with Crippen molar-refractivity contribution in [1.82, 2.24) is 14.8 Å². The summed E-state index contributed by atoms with van der Waals surface area (Å²) in [5.74, 6) is 2.22. The lowest BCUT2D eigenvalue weighted by Gasteiger charge is -1.97. The lowest BCUT2D eigenvalue weighted by Crippen LogP contribution is -1.94. The topological polar surface area (TPSA) is 30.7 Å². The summed E-state index contributed by atoms with van der Waals surface area (Å²) in [5, 5.41) is 4.31. The molecule has 0 radical (unpaired) electrons. The molecule has 0 fully saturated rings. The highest BCUT2D eigenvalue weighted by Crippen LogP contribution is 2.06. The van der Waals surface area contributed by atoms with Crippen molar-refractivity contribution in [3.05, 3.63) is 23.3 Å². The van der Waals surface area contributed by atoms with E-state index in [0.717, 1.165) is 11.6 Å². The molecular formula is C15H29N3S. The van der Waals surface area contributed by atoms with Crippen LogP contribution in [0.2, 0.25) is 0 Å². The van der Waals surface area contributed by atoms with Gasteiger partial charge in [-0.15, -0.1) is 0 Å². The van der Waals surface area contributed by atoms with Crippen LogP contribution in [0.1, 0.15) is 53.2 Å². The Morgan fingerprint density at radius 2 is 1.74 bits per heavy atom. The van der Waals surface area contributed by atoms with Gasteiger partial charge in [0.1, 0.15) is 5.82 Å². The molecule has 0 aromatic carbocycles. The van der Waals surface area contributed by atoms with Gasteiger partial charge in [0, 0.05) is 6.20 Å². The Kier molecular flexibility index (Phi) is 12.8. The SMILES string of the molecule is CC.CC(C)=Cn1nc(C)nc1/C=C\C(C)C.CS. The maximum Gasteiger partial charge on any atom is 0.155 e. The normalized spacial score (nSPS) is 9.58. The monoisotopic (exact) mass is 283 g/mol. The summed E-state index contributed by atoms with van der Waals surface area (Å²) >= 11 is 3.53. The molecule has 110 valence electrons. The van der Waals surface area contributed by atoms with Crippen molar-refractivity contribution < 1.29 is 0 Å². The number of nitrogens with zero attached hydrogens (tertiary/aromatic N) is 3. The molecule has 0 amide bonds. The summed E-state index contributed by atoms with van der Waals surface area (Å²) in [5.41, 5.74) is 1.21. The van der Waals surface area contributed by atoms with Crippen LogP contribution in [-0.2, 0) is 0 Å². The van der Waals surface area contributed by atoms with E-state index in [4.69, 9.17) is 0 Å². The zero-order valence-electron chi connectivity index (χ0n) is 13.6. The molecule has 0 saturated heterocycles. The standard InChI is InChI=1S/C12H19N3.C2H6.CH4S/c1-9(2)6-7-12-13-11(5)14-15(12)8-10(3)4;2*1-2/h6-9H,1-5H3;1-2H3;2H,1H3/b7-6-;;. The van der Waals surface area contributed by atoms with Gasteiger partial charge in [0.05, 0.1) is 0 Å². The minimum Gasteiger partial charge on any atom is -0.221 e. The largest absolute Gasteiger partial charge is 0.221 e. The Morgan fingerprint density at radius 1 is 1.21 bits per heavy atom. The van der Waals surface area contributed by atoms with E-state index in [1.54, 1.807) is 6.26 Å². The fourth-order valence-electron chi connectivity index (χ4n) is 1.18. The molecule has 1 heterocycles. The Balaban J connectivity index is 0. The number of hydrogen-bond donors (Lipinski definition) is 1. The molecule has 0 bridgehead atoms. The summed E-state index contributed by atoms with van der Waals surface area (Å²) in [6.45, 7) is 14.3. The van der Waals surface area contributed by atoms with Crippen LogP contribution < -0.4 is 0 Å². The molecule has 0 unspecified atom stereocenters. The van der Waals surface area contributed by atoms with Gasteiger partial charge in [0.2, 0.25) is 0 Å². The fraction of sp³-hybridized carbons (Fsp3) is 0.600. The lowest BCUT2D eigenvalue weighted by atomic mass is 10.2. The maximum absolute atomic E-state index is 4.36. The van der Waals surface area contributed by atoms with Crippen molar-refractivity contribution in [2.75, 3.05) is 6.26 Å². The number of hydrogen-bond acceptors (Lipinski definition) is 3. The van der Waals surface area contributed by atoms with Crippen LogP contribution in [0.5, 0.6) is 0 Å². The van der Waals surface area contributed by atoms with Crippen LogP contribution in [0.3, 0.4) is 0 Å². The molecule has 0 spiro atoms. The van der Waals surface area contributed by atoms with Gasteiger partial charge in [-0.2, -0.15) is 17.7 Å². The van der Waals surface area contributed by atoms with E-state index in [2.05, 4.69) is 42.6 Å². The molecule has 0 N–H and O–H groups in total. The van der Waals surface area contributed by atoms with Crippen LogP contribution in [0, 0.1) is 12.8 Å². The van der Waals surface area contributed by atoms with E-state index < -0.39 is 0 Å². The number of aryl methyl sites for hydroxylation is 1. The minimum atomic E-state index is 0.530. The van der Waals surface area contributed by atoms with E-state index >= 15 is 0 Å². The third-order valence-corrected chi connectivity index (χ3v) is 1.77. The van der Waals surface area contributed by atoms with E-state index in [0.29, 0.717) is 5.92 Å². The first-order valence-corrected chi connectivity index (χ1v) is 7.59. The second-order valence-corrected chi connectivity index (χ2v) is 4.27. The van der Waals surface area contributed by atoms with Crippen molar-refractivity contribution >= 4 is 24.9 Å². The van der Waals surface area contributed by atoms with Gasteiger partial charge in [0.15, 0.2) is 5.82 Å². The first kappa shape index (κ1) is 20.3. The molecule has 1 rings (SSSR count). The molecule has 0 aliphatic rings. The Hall–Kier alpha value is -1.03. The average Bonchev–Trinajstić information content (AvgIpc) is 2.71. The predicted octanol–water partition coefficient (Wildman–Crippen LogP) is 4.71. The molecule has 0 aliphatic carbocycles. The van der Waals surface area contributed by atoms with E-state index in [-0.39, 0.29) is 0 Å². The number of thiol groups is 1. The van der Waals surface area contributed by atoms with Crippen LogP contribution in [0.4, 0.5) is 0 Å². The van der Waals surface area contributed by atoms with Crippen molar-refractivity contribution in [3.63, 3.8) is 0 Å². The third kappa shape index (κ3) is 9.54. The summed E-state index contributed by atoms with van der Waals surface area (Å²) in [6, 6.07) is 0.